The summed E-state index contributed by atoms with van der Waals surface area (Å²) in [6.45, 7) is 1.32. The highest BCUT2D eigenvalue weighted by molar-refractivity contribution is 5.97. The van der Waals surface area contributed by atoms with Gasteiger partial charge in [0.05, 0.1) is 0 Å². The van der Waals surface area contributed by atoms with Crippen LogP contribution in [0.15, 0.2) is 48.5 Å². The standard InChI is InChI=1S/C17H14FN5O2/c1-11(24)13-3-2-4-15(9-13)19-16(25)10-23-21-17(20-22-23)12-5-7-14(18)8-6-12/h2-9H,10H2,1H3,(H,19,25). The SMILES string of the molecule is CC(=O)c1cccc(NC(=O)Cn2nnc(-c3ccc(F)cc3)n2)c1. The summed E-state index contributed by atoms with van der Waals surface area (Å²) in [7, 11) is 0. The Morgan fingerprint density at radius 3 is 2.64 bits per heavy atom. The van der Waals surface area contributed by atoms with Crippen molar-refractivity contribution in [3.63, 3.8) is 0 Å². The van der Waals surface area contributed by atoms with E-state index in [1.165, 1.54) is 31.2 Å². The van der Waals surface area contributed by atoms with E-state index in [1.807, 2.05) is 0 Å². The van der Waals surface area contributed by atoms with Crippen LogP contribution in [0.3, 0.4) is 0 Å². The molecule has 25 heavy (non-hydrogen) atoms. The van der Waals surface area contributed by atoms with Crippen LogP contribution < -0.4 is 5.32 Å². The molecule has 0 unspecified atom stereocenters. The number of hydrogen-bond donors (Lipinski definition) is 1. The van der Waals surface area contributed by atoms with Crippen LogP contribution in [-0.4, -0.2) is 31.9 Å². The molecular formula is C17H14FN5O2. The number of carbonyl (C=O) groups excluding carboxylic acids is 2. The maximum absolute atomic E-state index is 12.9. The number of rotatable bonds is 5. The summed E-state index contributed by atoms with van der Waals surface area (Å²) < 4.78 is 12.9. The fraction of sp³-hybridized carbons (Fsp3) is 0.118. The summed E-state index contributed by atoms with van der Waals surface area (Å²) in [6.07, 6.45) is 0. The van der Waals surface area contributed by atoms with E-state index in [9.17, 15) is 14.0 Å². The fourth-order valence-electron chi connectivity index (χ4n) is 2.17. The summed E-state index contributed by atoms with van der Waals surface area (Å²) >= 11 is 0. The van der Waals surface area contributed by atoms with Gasteiger partial charge in [-0.3, -0.25) is 9.59 Å². The number of nitrogens with one attached hydrogen (secondary N) is 1. The molecule has 7 nitrogen and oxygen atoms in total. The molecule has 8 heteroatoms. The molecule has 126 valence electrons. The van der Waals surface area contributed by atoms with Gasteiger partial charge in [-0.05, 0) is 48.5 Å². The zero-order valence-electron chi connectivity index (χ0n) is 13.3. The number of halogens is 1. The van der Waals surface area contributed by atoms with E-state index in [2.05, 4.69) is 20.7 Å². The average molecular weight is 339 g/mol. The zero-order valence-corrected chi connectivity index (χ0v) is 13.3. The molecule has 0 fully saturated rings. The van der Waals surface area contributed by atoms with Crippen molar-refractivity contribution in [1.82, 2.24) is 20.2 Å². The lowest BCUT2D eigenvalue weighted by Crippen LogP contribution is -2.20. The van der Waals surface area contributed by atoms with Crippen molar-refractivity contribution >= 4 is 17.4 Å². The zero-order chi connectivity index (χ0) is 17.8. The monoisotopic (exact) mass is 339 g/mol. The lowest BCUT2D eigenvalue weighted by atomic mass is 10.1. The van der Waals surface area contributed by atoms with Gasteiger partial charge < -0.3 is 5.32 Å². The van der Waals surface area contributed by atoms with Crippen LogP contribution in [0.25, 0.3) is 11.4 Å². The van der Waals surface area contributed by atoms with Gasteiger partial charge >= 0.3 is 0 Å². The van der Waals surface area contributed by atoms with Gasteiger partial charge in [-0.2, -0.15) is 4.80 Å². The number of nitrogens with zero attached hydrogens (tertiary/aromatic N) is 4. The number of anilines is 1. The molecule has 1 heterocycles. The fourth-order valence-corrected chi connectivity index (χ4v) is 2.17. The number of carbonyl (C=O) groups is 2. The first-order valence-electron chi connectivity index (χ1n) is 7.46. The average Bonchev–Trinajstić information content (AvgIpc) is 3.04. The van der Waals surface area contributed by atoms with Crippen LogP contribution in [0.4, 0.5) is 10.1 Å². The Kier molecular flexibility index (Phi) is 4.60. The highest BCUT2D eigenvalue weighted by atomic mass is 19.1. The largest absolute Gasteiger partial charge is 0.324 e. The highest BCUT2D eigenvalue weighted by Gasteiger charge is 2.10. The first-order valence-corrected chi connectivity index (χ1v) is 7.46. The number of hydrogen-bond acceptors (Lipinski definition) is 5. The lowest BCUT2D eigenvalue weighted by molar-refractivity contribution is -0.117. The molecule has 0 aliphatic rings. The molecule has 2 aromatic carbocycles. The molecule has 0 aliphatic carbocycles. The number of ketones is 1. The second-order valence-corrected chi connectivity index (χ2v) is 5.34. The number of aromatic nitrogens is 4. The van der Waals surface area contributed by atoms with Gasteiger partial charge in [0.25, 0.3) is 0 Å². The van der Waals surface area contributed by atoms with Crippen molar-refractivity contribution in [2.75, 3.05) is 5.32 Å². The predicted octanol–water partition coefficient (Wildman–Crippen LogP) is 2.32. The van der Waals surface area contributed by atoms with E-state index < -0.39 is 0 Å². The molecule has 1 N–H and O–H groups in total. The van der Waals surface area contributed by atoms with E-state index in [1.54, 1.807) is 24.3 Å². The van der Waals surface area contributed by atoms with Crippen molar-refractivity contribution in [3.05, 3.63) is 59.9 Å². The smallest absolute Gasteiger partial charge is 0.248 e. The van der Waals surface area contributed by atoms with Crippen LogP contribution in [0.1, 0.15) is 17.3 Å². The van der Waals surface area contributed by atoms with Crippen LogP contribution >= 0.6 is 0 Å². The minimum absolute atomic E-state index is 0.0852. The van der Waals surface area contributed by atoms with Gasteiger partial charge in [-0.15, -0.1) is 10.2 Å². The van der Waals surface area contributed by atoms with Crippen LogP contribution in [0.5, 0.6) is 0 Å². The van der Waals surface area contributed by atoms with Gasteiger partial charge in [0.15, 0.2) is 5.78 Å². The highest BCUT2D eigenvalue weighted by Crippen LogP contribution is 2.14. The molecule has 0 spiro atoms. The Bertz CT molecular complexity index is 921. The Morgan fingerprint density at radius 2 is 1.92 bits per heavy atom. The minimum atomic E-state index is -0.358. The van der Waals surface area contributed by atoms with Gasteiger partial charge in [0, 0.05) is 16.8 Å². The van der Waals surface area contributed by atoms with Gasteiger partial charge in [-0.25, -0.2) is 4.39 Å². The second-order valence-electron chi connectivity index (χ2n) is 5.34. The summed E-state index contributed by atoms with van der Waals surface area (Å²) in [5.41, 5.74) is 1.62. The quantitative estimate of drug-likeness (QED) is 0.721. The third kappa shape index (κ3) is 4.11. The van der Waals surface area contributed by atoms with Gasteiger partial charge in [-0.1, -0.05) is 12.1 Å². The summed E-state index contributed by atoms with van der Waals surface area (Å²) in [5.74, 6) is -0.503. The molecule has 3 aromatic rings. The van der Waals surface area contributed by atoms with E-state index in [-0.39, 0.29) is 24.1 Å². The summed E-state index contributed by atoms with van der Waals surface area (Å²) in [6, 6.07) is 12.3. The molecule has 0 aliphatic heterocycles. The molecule has 3 rings (SSSR count). The van der Waals surface area contributed by atoms with E-state index in [4.69, 9.17) is 0 Å². The minimum Gasteiger partial charge on any atom is -0.324 e. The molecule has 0 saturated heterocycles. The normalized spacial score (nSPS) is 10.5. The molecule has 0 saturated carbocycles. The molecule has 0 radical (unpaired) electrons. The van der Waals surface area contributed by atoms with Crippen molar-refractivity contribution in [2.45, 2.75) is 13.5 Å². The first-order chi connectivity index (χ1) is 12.0. The molecule has 1 amide bonds. The number of benzene rings is 2. The molecule has 0 bridgehead atoms. The van der Waals surface area contributed by atoms with Gasteiger partial charge in [0.1, 0.15) is 12.4 Å². The lowest BCUT2D eigenvalue weighted by Gasteiger charge is -2.05. The Balaban J connectivity index is 1.66. The topological polar surface area (TPSA) is 89.8 Å². The van der Waals surface area contributed by atoms with Crippen molar-refractivity contribution in [1.29, 1.82) is 0 Å². The second kappa shape index (κ2) is 7.00. The number of tetrazole rings is 1. The Labute approximate surface area is 142 Å². The molecular weight excluding hydrogens is 325 g/mol. The number of Topliss-reactive ketones (excluding diaryl/α,β-unsaturated/α-hetero) is 1. The van der Waals surface area contributed by atoms with Crippen molar-refractivity contribution in [3.8, 4) is 11.4 Å². The maximum Gasteiger partial charge on any atom is 0.248 e. The van der Waals surface area contributed by atoms with Crippen LogP contribution in [0, 0.1) is 5.82 Å². The third-order valence-electron chi connectivity index (χ3n) is 3.39. The Morgan fingerprint density at radius 1 is 1.16 bits per heavy atom. The van der Waals surface area contributed by atoms with Gasteiger partial charge in [0.2, 0.25) is 11.7 Å². The van der Waals surface area contributed by atoms with Crippen molar-refractivity contribution < 1.29 is 14.0 Å². The Hall–Kier alpha value is -3.42. The van der Waals surface area contributed by atoms with E-state index in [0.29, 0.717) is 22.6 Å². The number of amides is 1. The van der Waals surface area contributed by atoms with E-state index >= 15 is 0 Å². The molecule has 0 atom stereocenters. The van der Waals surface area contributed by atoms with Crippen LogP contribution in [-0.2, 0) is 11.3 Å². The summed E-state index contributed by atoms with van der Waals surface area (Å²) in [4.78, 5) is 24.6. The first kappa shape index (κ1) is 16.4. The van der Waals surface area contributed by atoms with Crippen molar-refractivity contribution in [2.24, 2.45) is 0 Å². The molecule has 1 aromatic heterocycles. The van der Waals surface area contributed by atoms with Crippen LogP contribution in [0.2, 0.25) is 0 Å². The van der Waals surface area contributed by atoms with E-state index in [0.717, 1.165) is 4.80 Å². The summed E-state index contributed by atoms with van der Waals surface area (Å²) in [5, 5.41) is 14.4. The third-order valence-corrected chi connectivity index (χ3v) is 3.39. The maximum atomic E-state index is 12.9. The predicted molar refractivity (Wildman–Crippen MR) is 88.3 cm³/mol.